The number of unbranched alkanes of at least 4 members (excludes halogenated alkanes) is 36. The minimum Gasteiger partial charge on any atom is -0.462 e. The number of carbonyl (C=O) groups excluding carboxylic acids is 3. The third kappa shape index (κ3) is 58.1. The number of phosphoric ester groups is 1. The van der Waals surface area contributed by atoms with Gasteiger partial charge in [0.25, 0.3) is 0 Å². The summed E-state index contributed by atoms with van der Waals surface area (Å²) in [6.45, 7) is 4.65. The molecule has 0 fully saturated rings. The first kappa shape index (κ1) is 75.4. The van der Waals surface area contributed by atoms with Crippen molar-refractivity contribution in [2.45, 2.75) is 328 Å². The molecule has 3 atom stereocenters. The van der Waals surface area contributed by atoms with Gasteiger partial charge in [0.15, 0.2) is 6.10 Å². The fourth-order valence-corrected chi connectivity index (χ4v) is 9.99. The summed E-state index contributed by atoms with van der Waals surface area (Å²) in [5.74, 6) is -1.46. The summed E-state index contributed by atoms with van der Waals surface area (Å²) >= 11 is 0. The largest absolute Gasteiger partial charge is 0.472 e. The average molecular weight is 1120 g/mol. The van der Waals surface area contributed by atoms with Crippen LogP contribution in [0.2, 0.25) is 0 Å². The lowest BCUT2D eigenvalue weighted by molar-refractivity contribution is -0.161. The molecule has 3 unspecified atom stereocenters. The first-order valence-corrected chi connectivity index (χ1v) is 34.0. The molecule has 12 heteroatoms. The summed E-state index contributed by atoms with van der Waals surface area (Å²) in [6.07, 6.45) is 66.3. The number of aliphatic hydroxyl groups is 1. The fourth-order valence-electron chi connectivity index (χ4n) is 9.20. The second kappa shape index (κ2) is 60.5. The average Bonchev–Trinajstić information content (AvgIpc) is 3.43. The highest BCUT2D eigenvalue weighted by Gasteiger charge is 2.28. The lowest BCUT2D eigenvalue weighted by atomic mass is 10.1. The van der Waals surface area contributed by atoms with Crippen LogP contribution < -0.4 is 0 Å². The molecule has 0 aromatic heterocycles. The number of carbonyl (C=O) groups is 3. The van der Waals surface area contributed by atoms with Gasteiger partial charge < -0.3 is 24.2 Å². The topological polar surface area (TPSA) is 155 Å². The van der Waals surface area contributed by atoms with Crippen molar-refractivity contribution in [3.8, 4) is 0 Å². The van der Waals surface area contributed by atoms with E-state index in [4.69, 9.17) is 23.3 Å². The molecule has 2 N–H and O–H groups in total. The first-order chi connectivity index (χ1) is 38.2. The molecule has 0 aliphatic carbocycles. The van der Waals surface area contributed by atoms with E-state index >= 15 is 0 Å². The van der Waals surface area contributed by atoms with Gasteiger partial charge in [0.05, 0.1) is 19.8 Å². The normalized spacial score (nSPS) is 13.6. The smallest absolute Gasteiger partial charge is 0.462 e. The minimum atomic E-state index is -4.75. The van der Waals surface area contributed by atoms with Crippen molar-refractivity contribution in [3.63, 3.8) is 0 Å². The van der Waals surface area contributed by atoms with Crippen molar-refractivity contribution in [1.82, 2.24) is 0 Å². The van der Waals surface area contributed by atoms with Gasteiger partial charge in [-0.05, 0) is 103 Å². The summed E-state index contributed by atoms with van der Waals surface area (Å²) < 4.78 is 39.7. The molecule has 0 spiro atoms. The molecular formula is C66H121O11P. The Kier molecular flexibility index (Phi) is 58.5. The Morgan fingerprint density at radius 2 is 0.628 bits per heavy atom. The third-order valence-corrected chi connectivity index (χ3v) is 15.1. The number of rotatable bonds is 61. The summed E-state index contributed by atoms with van der Waals surface area (Å²) in [5.41, 5.74) is 0. The molecule has 0 aromatic rings. The van der Waals surface area contributed by atoms with Crippen molar-refractivity contribution < 1.29 is 52.2 Å². The number of allylic oxidation sites excluding steroid dienone is 8. The fraction of sp³-hybridized carbons (Fsp3) is 0.833. The van der Waals surface area contributed by atoms with Crippen molar-refractivity contribution in [1.29, 1.82) is 0 Å². The Morgan fingerprint density at radius 3 is 0.987 bits per heavy atom. The maximum absolute atomic E-state index is 13.0. The molecule has 0 aliphatic rings. The lowest BCUT2D eigenvalue weighted by Crippen LogP contribution is -2.30. The van der Waals surface area contributed by atoms with Crippen molar-refractivity contribution >= 4 is 25.7 Å². The van der Waals surface area contributed by atoms with Crippen LogP contribution in [0.15, 0.2) is 48.6 Å². The monoisotopic (exact) mass is 1120 g/mol. The van der Waals surface area contributed by atoms with Crippen LogP contribution in [0, 0.1) is 0 Å². The van der Waals surface area contributed by atoms with Gasteiger partial charge in [-0.2, -0.15) is 0 Å². The van der Waals surface area contributed by atoms with Gasteiger partial charge in [-0.15, -0.1) is 0 Å². The summed E-state index contributed by atoms with van der Waals surface area (Å²) in [4.78, 5) is 48.7. The number of phosphoric acid groups is 1. The Hall–Kier alpha value is -2.56. The van der Waals surface area contributed by atoms with Gasteiger partial charge in [-0.3, -0.25) is 23.4 Å². The predicted octanol–water partition coefficient (Wildman–Crippen LogP) is 19.7. The highest BCUT2D eigenvalue weighted by atomic mass is 31.2. The first-order valence-electron chi connectivity index (χ1n) is 32.5. The Labute approximate surface area is 479 Å². The molecule has 456 valence electrons. The molecule has 0 rings (SSSR count). The summed E-state index contributed by atoms with van der Waals surface area (Å²) in [5, 5.41) is 9.85. The SMILES string of the molecule is CCCCC/C=C\C/C=C\CCCCCCCCCCCC(=O)OC(COC(=O)CCCCCCCCC/C=C\CCCCCCCC)COP(=O)(O)OCC(CO)OC(=O)CCCCCCC/C=C\CCCCCCCC. The van der Waals surface area contributed by atoms with E-state index in [-0.39, 0.29) is 25.9 Å². The van der Waals surface area contributed by atoms with Crippen LogP contribution >= 0.6 is 7.82 Å². The van der Waals surface area contributed by atoms with Crippen LogP contribution in [-0.2, 0) is 42.2 Å². The molecular weight excluding hydrogens is 1000 g/mol. The zero-order chi connectivity index (χ0) is 56.9. The summed E-state index contributed by atoms with van der Waals surface area (Å²) in [6, 6.07) is 0. The summed E-state index contributed by atoms with van der Waals surface area (Å²) in [7, 11) is -4.75. The number of hydrogen-bond donors (Lipinski definition) is 2. The van der Waals surface area contributed by atoms with E-state index in [0.29, 0.717) is 19.3 Å². The van der Waals surface area contributed by atoms with Crippen LogP contribution in [0.4, 0.5) is 0 Å². The van der Waals surface area contributed by atoms with E-state index in [1.54, 1.807) is 0 Å². The van der Waals surface area contributed by atoms with Crippen molar-refractivity contribution in [3.05, 3.63) is 48.6 Å². The minimum absolute atomic E-state index is 0.163. The van der Waals surface area contributed by atoms with Gasteiger partial charge in [-0.25, -0.2) is 4.57 Å². The lowest BCUT2D eigenvalue weighted by Gasteiger charge is -2.21. The number of esters is 3. The zero-order valence-electron chi connectivity index (χ0n) is 50.6. The van der Waals surface area contributed by atoms with Gasteiger partial charge >= 0.3 is 25.7 Å². The predicted molar refractivity (Wildman–Crippen MR) is 325 cm³/mol. The molecule has 0 bridgehead atoms. The van der Waals surface area contributed by atoms with E-state index < -0.39 is 57.8 Å². The van der Waals surface area contributed by atoms with Gasteiger partial charge in [0.1, 0.15) is 12.7 Å². The zero-order valence-corrected chi connectivity index (χ0v) is 51.5. The van der Waals surface area contributed by atoms with Gasteiger partial charge in [-0.1, -0.05) is 243 Å². The molecule has 0 saturated carbocycles. The van der Waals surface area contributed by atoms with Crippen molar-refractivity contribution in [2.75, 3.05) is 26.4 Å². The molecule has 0 aromatic carbocycles. The van der Waals surface area contributed by atoms with E-state index in [1.807, 2.05) is 0 Å². The molecule has 0 radical (unpaired) electrons. The van der Waals surface area contributed by atoms with E-state index in [9.17, 15) is 28.9 Å². The van der Waals surface area contributed by atoms with E-state index in [1.165, 1.54) is 161 Å². The standard InChI is InChI=1S/C66H121O11P/c1-4-7-10-13-16-19-22-25-28-30-31-33-36-39-42-45-48-51-54-57-66(70)77-63(59-73-64(68)55-52-49-46-43-40-37-35-32-29-26-23-20-17-14-11-8-5-2)61-75-78(71,72)74-60-62(58-67)76-65(69)56-53-50-47-44-41-38-34-27-24-21-18-15-12-9-6-3/h16,19,25-29,34,62-63,67H,4-15,17-18,20-24,30-33,35-61H2,1-3H3,(H,71,72)/b19-16-,28-25-,29-26-,34-27-. The van der Waals surface area contributed by atoms with Crippen LogP contribution in [-0.4, -0.2) is 66.5 Å². The van der Waals surface area contributed by atoms with Crippen LogP contribution in [0.25, 0.3) is 0 Å². The maximum Gasteiger partial charge on any atom is 0.472 e. The number of aliphatic hydroxyl groups excluding tert-OH is 1. The Bertz CT molecular complexity index is 1490. The highest BCUT2D eigenvalue weighted by molar-refractivity contribution is 7.47. The Balaban J connectivity index is 4.70. The number of ether oxygens (including phenoxy) is 3. The van der Waals surface area contributed by atoms with Gasteiger partial charge in [0, 0.05) is 19.3 Å². The molecule has 0 amide bonds. The second-order valence-electron chi connectivity index (χ2n) is 21.9. The third-order valence-electron chi connectivity index (χ3n) is 14.2. The van der Waals surface area contributed by atoms with Crippen LogP contribution in [0.1, 0.15) is 316 Å². The molecule has 0 aliphatic heterocycles. The molecule has 78 heavy (non-hydrogen) atoms. The van der Waals surface area contributed by atoms with Crippen molar-refractivity contribution in [2.24, 2.45) is 0 Å². The number of hydrogen-bond acceptors (Lipinski definition) is 10. The Morgan fingerprint density at radius 1 is 0.359 bits per heavy atom. The molecule has 0 saturated heterocycles. The molecule has 0 heterocycles. The van der Waals surface area contributed by atoms with Crippen LogP contribution in [0.5, 0.6) is 0 Å². The van der Waals surface area contributed by atoms with E-state index in [0.717, 1.165) is 96.3 Å². The maximum atomic E-state index is 13.0. The molecule has 11 nitrogen and oxygen atoms in total. The second-order valence-corrected chi connectivity index (χ2v) is 23.4. The quantitative estimate of drug-likeness (QED) is 0.0197. The van der Waals surface area contributed by atoms with Crippen LogP contribution in [0.3, 0.4) is 0 Å². The van der Waals surface area contributed by atoms with E-state index in [2.05, 4.69) is 69.4 Å². The highest BCUT2D eigenvalue weighted by Crippen LogP contribution is 2.43. The van der Waals surface area contributed by atoms with Gasteiger partial charge in [0.2, 0.25) is 0 Å².